The Morgan fingerprint density at radius 2 is 1.69 bits per heavy atom. The Labute approximate surface area is 155 Å². The van der Waals surface area contributed by atoms with Crippen molar-refractivity contribution in [3.63, 3.8) is 0 Å². The van der Waals surface area contributed by atoms with Crippen LogP contribution in [0.2, 0.25) is 0 Å². The van der Waals surface area contributed by atoms with Gasteiger partial charge in [-0.3, -0.25) is 0 Å². The zero-order valence-corrected chi connectivity index (χ0v) is 15.4. The van der Waals surface area contributed by atoms with Gasteiger partial charge in [-0.25, -0.2) is 0 Å². The van der Waals surface area contributed by atoms with E-state index in [1.807, 2.05) is 6.08 Å². The average Bonchev–Trinajstić information content (AvgIpc) is 2.91. The van der Waals surface area contributed by atoms with E-state index >= 15 is 0 Å². The van der Waals surface area contributed by atoms with E-state index in [0.717, 1.165) is 13.0 Å². The van der Waals surface area contributed by atoms with Gasteiger partial charge in [0.15, 0.2) is 0 Å². The molecule has 0 aliphatic carbocycles. The third-order valence-corrected chi connectivity index (χ3v) is 5.58. The van der Waals surface area contributed by atoms with Gasteiger partial charge >= 0.3 is 0 Å². The Morgan fingerprint density at radius 3 is 2.42 bits per heavy atom. The van der Waals surface area contributed by atoms with Crippen LogP contribution >= 0.6 is 0 Å². The van der Waals surface area contributed by atoms with Crippen molar-refractivity contribution in [3.05, 3.63) is 89.6 Å². The molecule has 0 saturated heterocycles. The van der Waals surface area contributed by atoms with Gasteiger partial charge in [0, 0.05) is 29.3 Å². The van der Waals surface area contributed by atoms with E-state index in [1.54, 1.807) is 0 Å². The number of allylic oxidation sites excluding steroid dienone is 2. The molecular formula is C24H24N2. The first kappa shape index (κ1) is 16.6. The predicted octanol–water partition coefficient (Wildman–Crippen LogP) is 5.71. The van der Waals surface area contributed by atoms with Crippen LogP contribution in [0.15, 0.2) is 78.5 Å². The predicted molar refractivity (Wildman–Crippen MR) is 111 cm³/mol. The molecule has 0 aromatic heterocycles. The van der Waals surface area contributed by atoms with E-state index in [9.17, 15) is 0 Å². The fraction of sp³-hybridized carbons (Fsp3) is 0.208. The van der Waals surface area contributed by atoms with Crippen LogP contribution in [-0.4, -0.2) is 12.8 Å². The number of benzene rings is 3. The van der Waals surface area contributed by atoms with Crippen molar-refractivity contribution >= 4 is 22.7 Å². The van der Waals surface area contributed by atoms with Crippen LogP contribution in [0.1, 0.15) is 25.0 Å². The monoisotopic (exact) mass is 340 g/mol. The molecule has 2 nitrogen and oxygen atoms in total. The molecule has 1 aliphatic rings. The first-order chi connectivity index (χ1) is 12.7. The van der Waals surface area contributed by atoms with Crippen molar-refractivity contribution in [2.45, 2.75) is 25.7 Å². The van der Waals surface area contributed by atoms with Gasteiger partial charge in [-0.15, -0.1) is 0 Å². The Bertz CT molecular complexity index is 988. The summed E-state index contributed by atoms with van der Waals surface area (Å²) in [5.41, 5.74) is 5.05. The molecule has 1 N–H and O–H groups in total. The maximum Gasteiger partial charge on any atom is 0.0530 e. The molecule has 0 fully saturated rings. The van der Waals surface area contributed by atoms with Crippen LogP contribution in [0.3, 0.4) is 0 Å². The third kappa shape index (κ3) is 2.45. The summed E-state index contributed by atoms with van der Waals surface area (Å²) in [5, 5.41) is 10.3. The lowest BCUT2D eigenvalue weighted by Gasteiger charge is -2.30. The van der Waals surface area contributed by atoms with Crippen LogP contribution in [0.4, 0.5) is 5.69 Å². The van der Waals surface area contributed by atoms with Crippen molar-refractivity contribution < 1.29 is 0 Å². The van der Waals surface area contributed by atoms with E-state index in [4.69, 9.17) is 5.41 Å². The van der Waals surface area contributed by atoms with Crippen LogP contribution in [0.5, 0.6) is 0 Å². The van der Waals surface area contributed by atoms with E-state index in [1.165, 1.54) is 39.5 Å². The molecule has 0 amide bonds. The smallest absolute Gasteiger partial charge is 0.0530 e. The lowest BCUT2D eigenvalue weighted by atomic mass is 9.76. The maximum absolute atomic E-state index is 7.73. The highest BCUT2D eigenvalue weighted by Gasteiger charge is 2.43. The number of hydrogen-bond acceptors (Lipinski definition) is 2. The minimum Gasteiger partial charge on any atom is -0.344 e. The first-order valence-electron chi connectivity index (χ1n) is 9.24. The Balaban J connectivity index is 1.98. The SMILES string of the molecule is CCN1/C(=C\C=N)C(C)(Cc2ccccc2)c2ccc3ccccc3c21. The number of nitrogens with one attached hydrogen (secondary N) is 1. The zero-order chi connectivity index (χ0) is 18.1. The van der Waals surface area contributed by atoms with Gasteiger partial charge in [0.25, 0.3) is 0 Å². The van der Waals surface area contributed by atoms with Crippen molar-refractivity contribution in [1.82, 2.24) is 0 Å². The second-order valence-electron chi connectivity index (χ2n) is 7.14. The Kier molecular flexibility index (Phi) is 4.12. The highest BCUT2D eigenvalue weighted by Crippen LogP contribution is 2.52. The van der Waals surface area contributed by atoms with Gasteiger partial charge in [0.1, 0.15) is 0 Å². The number of rotatable bonds is 4. The van der Waals surface area contributed by atoms with Gasteiger partial charge in [-0.2, -0.15) is 0 Å². The molecular weight excluding hydrogens is 316 g/mol. The molecule has 0 saturated carbocycles. The molecule has 0 radical (unpaired) electrons. The van der Waals surface area contributed by atoms with E-state index in [0.29, 0.717) is 0 Å². The highest BCUT2D eigenvalue weighted by atomic mass is 15.2. The summed E-state index contributed by atoms with van der Waals surface area (Å²) in [6.07, 6.45) is 4.33. The fourth-order valence-corrected chi connectivity index (χ4v) is 4.42. The van der Waals surface area contributed by atoms with E-state index < -0.39 is 0 Å². The molecule has 3 aromatic rings. The zero-order valence-electron chi connectivity index (χ0n) is 15.4. The molecule has 0 spiro atoms. The summed E-state index contributed by atoms with van der Waals surface area (Å²) < 4.78 is 0. The lowest BCUT2D eigenvalue weighted by Crippen LogP contribution is -2.30. The summed E-state index contributed by atoms with van der Waals surface area (Å²) in [4.78, 5) is 2.39. The van der Waals surface area contributed by atoms with Gasteiger partial charge in [-0.05, 0) is 42.9 Å². The molecule has 3 aromatic carbocycles. The van der Waals surface area contributed by atoms with Gasteiger partial charge < -0.3 is 10.3 Å². The Morgan fingerprint density at radius 1 is 0.962 bits per heavy atom. The van der Waals surface area contributed by atoms with E-state index in [2.05, 4.69) is 85.5 Å². The van der Waals surface area contributed by atoms with Crippen LogP contribution in [0, 0.1) is 5.41 Å². The quantitative estimate of drug-likeness (QED) is 0.605. The van der Waals surface area contributed by atoms with Crippen molar-refractivity contribution in [3.8, 4) is 0 Å². The van der Waals surface area contributed by atoms with Gasteiger partial charge in [0.2, 0.25) is 0 Å². The van der Waals surface area contributed by atoms with E-state index in [-0.39, 0.29) is 5.41 Å². The Hall–Kier alpha value is -2.87. The summed E-state index contributed by atoms with van der Waals surface area (Å²) >= 11 is 0. The average molecular weight is 340 g/mol. The minimum atomic E-state index is -0.145. The molecule has 1 aliphatic heterocycles. The second-order valence-corrected chi connectivity index (χ2v) is 7.14. The lowest BCUT2D eigenvalue weighted by molar-refractivity contribution is 0.564. The first-order valence-corrected chi connectivity index (χ1v) is 9.24. The van der Waals surface area contributed by atoms with Crippen molar-refractivity contribution in [1.29, 1.82) is 5.41 Å². The summed E-state index contributed by atoms with van der Waals surface area (Å²) in [5.74, 6) is 0. The van der Waals surface area contributed by atoms with Crippen LogP contribution in [0.25, 0.3) is 10.8 Å². The molecule has 1 heterocycles. The van der Waals surface area contributed by atoms with Crippen molar-refractivity contribution in [2.24, 2.45) is 0 Å². The highest BCUT2D eigenvalue weighted by molar-refractivity contribution is 6.00. The van der Waals surface area contributed by atoms with Crippen LogP contribution < -0.4 is 4.90 Å². The molecule has 0 bridgehead atoms. The second kappa shape index (κ2) is 6.45. The number of nitrogens with zero attached hydrogens (tertiary/aromatic N) is 1. The normalized spacial score (nSPS) is 20.5. The fourth-order valence-electron chi connectivity index (χ4n) is 4.42. The number of hydrogen-bond donors (Lipinski definition) is 1. The molecule has 26 heavy (non-hydrogen) atoms. The molecule has 2 heteroatoms. The number of likely N-dealkylation sites (N-methyl/N-ethyl adjacent to an activating group) is 1. The largest absolute Gasteiger partial charge is 0.344 e. The molecule has 130 valence electrons. The standard InChI is InChI=1S/C24H24N2/c1-3-26-22(15-16-25)24(2,17-18-9-5-4-6-10-18)21-14-13-19-11-7-8-12-20(19)23(21)26/h4-16,25H,3,17H2,1-2H3/b22-15-,25-16?. The summed E-state index contributed by atoms with van der Waals surface area (Å²) in [7, 11) is 0. The topological polar surface area (TPSA) is 27.1 Å². The third-order valence-electron chi connectivity index (χ3n) is 5.58. The minimum absolute atomic E-state index is 0.145. The maximum atomic E-state index is 7.73. The van der Waals surface area contributed by atoms with Gasteiger partial charge in [0.05, 0.1) is 5.69 Å². The summed E-state index contributed by atoms with van der Waals surface area (Å²) in [6, 6.07) is 23.8. The summed E-state index contributed by atoms with van der Waals surface area (Å²) in [6.45, 7) is 5.40. The number of fused-ring (bicyclic) bond motifs is 3. The van der Waals surface area contributed by atoms with Gasteiger partial charge in [-0.1, -0.05) is 66.7 Å². The number of anilines is 1. The molecule has 1 unspecified atom stereocenters. The molecule has 4 rings (SSSR count). The van der Waals surface area contributed by atoms with Crippen LogP contribution in [-0.2, 0) is 11.8 Å². The molecule has 1 atom stereocenters. The van der Waals surface area contributed by atoms with Crippen molar-refractivity contribution in [2.75, 3.05) is 11.4 Å².